The molecular weight excluding hydrogens is 466 g/mol. The van der Waals surface area contributed by atoms with Crippen molar-refractivity contribution >= 4 is 63.5 Å². The normalized spacial score (nSPS) is 21.2. The molecule has 0 aromatic carbocycles. The van der Waals surface area contributed by atoms with Gasteiger partial charge in [-0.05, 0) is 17.1 Å². The van der Waals surface area contributed by atoms with E-state index in [1.165, 1.54) is 40.9 Å². The lowest BCUT2D eigenvalue weighted by atomic mass is 10.0. The number of nitrogens with two attached hydrogens (primary N) is 1. The number of nitrogen functional groups attached to an aromatic ring is 1. The smallest absolute Gasteiger partial charge is 0.352 e. The number of β-lactam (4-membered cyclic amide) rings is 1. The van der Waals surface area contributed by atoms with Gasteiger partial charge in [-0.25, -0.2) is 9.78 Å². The predicted octanol–water partition coefficient (Wildman–Crippen LogP) is 0.0536. The molecule has 3 heterocycles. The van der Waals surface area contributed by atoms with Gasteiger partial charge >= 0.3 is 5.97 Å². The quantitative estimate of drug-likeness (QED) is 0.162. The Bertz CT molecular complexity index is 975. The molecular formula is C17H19N5O6S3. The van der Waals surface area contributed by atoms with E-state index in [0.717, 1.165) is 11.3 Å². The van der Waals surface area contributed by atoms with Crippen molar-refractivity contribution in [2.75, 3.05) is 31.0 Å². The molecule has 11 nitrogen and oxygen atoms in total. The third-order valence-corrected chi connectivity index (χ3v) is 6.95. The number of carbonyl (C=O) groups is 3. The summed E-state index contributed by atoms with van der Waals surface area (Å²) in [5.41, 5.74) is 6.05. The van der Waals surface area contributed by atoms with Gasteiger partial charge in [0, 0.05) is 16.9 Å². The zero-order valence-electron chi connectivity index (χ0n) is 16.2. The average Bonchev–Trinajstić information content (AvgIpc) is 3.18. The molecule has 2 amide bonds. The fourth-order valence-electron chi connectivity index (χ4n) is 2.92. The first-order valence-corrected chi connectivity index (χ1v) is 11.8. The Morgan fingerprint density at radius 2 is 2.32 bits per heavy atom. The lowest BCUT2D eigenvalue weighted by molar-refractivity contribution is -0.150. The zero-order chi connectivity index (χ0) is 22.5. The number of nitrogens with one attached hydrogen (secondary N) is 1. The first kappa shape index (κ1) is 23.1. The van der Waals surface area contributed by atoms with E-state index in [1.807, 2.05) is 0 Å². The van der Waals surface area contributed by atoms with Crippen LogP contribution in [-0.2, 0) is 19.2 Å². The second kappa shape index (κ2) is 10.2. The van der Waals surface area contributed by atoms with Gasteiger partial charge in [0.05, 0.1) is 6.61 Å². The number of oxime groups is 1. The highest BCUT2D eigenvalue weighted by Crippen LogP contribution is 2.40. The molecule has 0 bridgehead atoms. The van der Waals surface area contributed by atoms with Gasteiger partial charge in [0.1, 0.15) is 29.9 Å². The van der Waals surface area contributed by atoms with Crippen LogP contribution in [0.4, 0.5) is 5.13 Å². The number of aliphatic carboxylic acids is 1. The van der Waals surface area contributed by atoms with Crippen molar-refractivity contribution in [3.63, 3.8) is 0 Å². The fraction of sp³-hybridized carbons (Fsp3) is 0.353. The Morgan fingerprint density at radius 3 is 2.94 bits per heavy atom. The fourth-order valence-corrected chi connectivity index (χ4v) is 5.29. The van der Waals surface area contributed by atoms with Crippen LogP contribution >= 0.6 is 34.9 Å². The van der Waals surface area contributed by atoms with Gasteiger partial charge < -0.3 is 26.1 Å². The molecule has 1 aromatic heterocycles. The number of carboxylic acids is 1. The number of hydrogen-bond donors (Lipinski definition) is 4. The summed E-state index contributed by atoms with van der Waals surface area (Å²) in [5, 5.41) is 27.7. The summed E-state index contributed by atoms with van der Waals surface area (Å²) in [4.78, 5) is 47.1. The predicted molar refractivity (Wildman–Crippen MR) is 118 cm³/mol. The highest BCUT2D eigenvalue weighted by atomic mass is 32.2. The second-order valence-corrected chi connectivity index (χ2v) is 9.14. The lowest BCUT2D eigenvalue weighted by Crippen LogP contribution is -2.71. The van der Waals surface area contributed by atoms with Gasteiger partial charge in [-0.3, -0.25) is 14.5 Å². The van der Waals surface area contributed by atoms with E-state index in [-0.39, 0.29) is 28.8 Å². The number of thiazole rings is 1. The minimum absolute atomic E-state index is 0.00448. The molecule has 2 atom stereocenters. The Balaban J connectivity index is 1.76. The molecule has 0 aliphatic carbocycles. The largest absolute Gasteiger partial charge is 0.477 e. The number of amides is 2. The first-order chi connectivity index (χ1) is 14.9. The third-order valence-electron chi connectivity index (χ3n) is 4.22. The van der Waals surface area contributed by atoms with Crippen LogP contribution in [0.2, 0.25) is 0 Å². The number of carbonyl (C=O) groups excluding carboxylic acids is 2. The average molecular weight is 486 g/mol. The summed E-state index contributed by atoms with van der Waals surface area (Å²) in [7, 11) is 1.27. The molecule has 2 aliphatic rings. The molecule has 0 unspecified atom stereocenters. The SMILES string of the molecule is CON=C(C(=O)N[C@@H]1C(=O)N2C(C(=O)O)=C(/C=C/SCCO)CS[C@H]12)c1csc(N)n1. The maximum Gasteiger partial charge on any atom is 0.352 e. The highest BCUT2D eigenvalue weighted by molar-refractivity contribution is 8.02. The zero-order valence-corrected chi connectivity index (χ0v) is 18.6. The van der Waals surface area contributed by atoms with E-state index in [4.69, 9.17) is 15.7 Å². The summed E-state index contributed by atoms with van der Waals surface area (Å²) >= 11 is 3.80. The lowest BCUT2D eigenvalue weighted by Gasteiger charge is -2.49. The van der Waals surface area contributed by atoms with Crippen molar-refractivity contribution in [3.05, 3.63) is 33.8 Å². The number of allylic oxidation sites excluding steroid dienone is 1. The van der Waals surface area contributed by atoms with Crippen molar-refractivity contribution in [3.8, 4) is 0 Å². The topological polar surface area (TPSA) is 167 Å². The van der Waals surface area contributed by atoms with Gasteiger partial charge in [0.15, 0.2) is 10.8 Å². The van der Waals surface area contributed by atoms with Crippen LogP contribution < -0.4 is 11.1 Å². The molecule has 0 radical (unpaired) electrons. The maximum atomic E-state index is 12.7. The second-order valence-electron chi connectivity index (χ2n) is 6.13. The monoisotopic (exact) mass is 485 g/mol. The van der Waals surface area contributed by atoms with E-state index in [0.29, 0.717) is 17.1 Å². The molecule has 5 N–H and O–H groups in total. The van der Waals surface area contributed by atoms with Crippen LogP contribution in [0.25, 0.3) is 0 Å². The third kappa shape index (κ3) is 4.87. The van der Waals surface area contributed by atoms with Gasteiger partial charge in [0.2, 0.25) is 0 Å². The number of aromatic nitrogens is 1. The standard InChI is InChI=1S/C17H19N5O6S3/c1-28-21-10(9-7-31-17(18)19-9)13(24)20-11-14(25)22-12(16(26)27)8(6-30-15(11)22)2-4-29-5-3-23/h2,4,7,11,15,23H,3,5-6H2,1H3,(H2,18,19)(H,20,24)(H,26,27)/b4-2+,21-10?/t11-,15-/m1/s1. The molecule has 2 aliphatic heterocycles. The van der Waals surface area contributed by atoms with E-state index in [1.54, 1.807) is 11.5 Å². The Hall–Kier alpha value is -2.55. The van der Waals surface area contributed by atoms with Crippen LogP contribution in [0, 0.1) is 0 Å². The maximum absolute atomic E-state index is 12.7. The molecule has 1 fully saturated rings. The minimum atomic E-state index is -1.23. The van der Waals surface area contributed by atoms with E-state index in [2.05, 4.69) is 15.5 Å². The number of rotatable bonds is 9. The van der Waals surface area contributed by atoms with E-state index < -0.39 is 29.2 Å². The summed E-state index contributed by atoms with van der Waals surface area (Å²) in [6.07, 6.45) is 1.63. The Morgan fingerprint density at radius 1 is 1.55 bits per heavy atom. The van der Waals surface area contributed by atoms with E-state index in [9.17, 15) is 19.5 Å². The molecule has 31 heavy (non-hydrogen) atoms. The highest BCUT2D eigenvalue weighted by Gasteiger charge is 2.54. The summed E-state index contributed by atoms with van der Waals surface area (Å²) < 4.78 is 0. The molecule has 0 spiro atoms. The molecule has 0 saturated carbocycles. The van der Waals surface area contributed by atoms with Gasteiger partial charge in [-0.2, -0.15) is 0 Å². The van der Waals surface area contributed by atoms with Gasteiger partial charge in [0.25, 0.3) is 11.8 Å². The van der Waals surface area contributed by atoms with Crippen molar-refractivity contribution in [2.24, 2.45) is 5.16 Å². The number of aliphatic hydroxyl groups is 1. The number of fused-ring (bicyclic) bond motifs is 1. The van der Waals surface area contributed by atoms with Crippen LogP contribution in [0.15, 0.2) is 33.3 Å². The molecule has 14 heteroatoms. The number of thioether (sulfide) groups is 2. The summed E-state index contributed by atoms with van der Waals surface area (Å²) in [6.45, 7) is 0.00448. The first-order valence-electron chi connectivity index (χ1n) is 8.82. The van der Waals surface area contributed by atoms with Crippen LogP contribution in [0.5, 0.6) is 0 Å². The van der Waals surface area contributed by atoms with Crippen molar-refractivity contribution < 1.29 is 29.4 Å². The molecule has 3 rings (SSSR count). The number of aliphatic hydroxyl groups excluding tert-OH is 1. The van der Waals surface area contributed by atoms with Crippen LogP contribution in [-0.4, -0.2) is 80.2 Å². The molecule has 1 saturated heterocycles. The van der Waals surface area contributed by atoms with Crippen molar-refractivity contribution in [1.82, 2.24) is 15.2 Å². The Labute approximate surface area is 189 Å². The molecule has 166 valence electrons. The number of hydrogen-bond acceptors (Lipinski definition) is 11. The van der Waals surface area contributed by atoms with Gasteiger partial charge in [-0.1, -0.05) is 5.16 Å². The Kier molecular flexibility index (Phi) is 7.59. The van der Waals surface area contributed by atoms with Crippen LogP contribution in [0.1, 0.15) is 5.69 Å². The van der Waals surface area contributed by atoms with E-state index >= 15 is 0 Å². The van der Waals surface area contributed by atoms with Crippen LogP contribution in [0.3, 0.4) is 0 Å². The van der Waals surface area contributed by atoms with Crippen molar-refractivity contribution in [1.29, 1.82) is 0 Å². The summed E-state index contributed by atoms with van der Waals surface area (Å²) in [5.74, 6) is -1.62. The number of carboxylic acid groups (broad SMARTS) is 1. The summed E-state index contributed by atoms with van der Waals surface area (Å²) in [6, 6.07) is -0.917. The number of nitrogens with zero attached hydrogens (tertiary/aromatic N) is 3. The molecule has 1 aromatic rings. The van der Waals surface area contributed by atoms with Gasteiger partial charge in [-0.15, -0.1) is 34.9 Å². The number of anilines is 1. The van der Waals surface area contributed by atoms with Crippen molar-refractivity contribution in [2.45, 2.75) is 11.4 Å². The minimum Gasteiger partial charge on any atom is -0.477 e.